The van der Waals surface area contributed by atoms with Crippen molar-refractivity contribution in [3.63, 3.8) is 0 Å². The molecule has 5 nitrogen and oxygen atoms in total. The maximum Gasteiger partial charge on any atom is 0.225 e. The van der Waals surface area contributed by atoms with E-state index < -0.39 is 0 Å². The van der Waals surface area contributed by atoms with Crippen molar-refractivity contribution in [3.8, 4) is 0 Å². The average molecular weight is 320 g/mol. The molecule has 2 atom stereocenters. The lowest BCUT2D eigenvalue weighted by Gasteiger charge is -2.18. The number of hydrogen-bond donors (Lipinski definition) is 1. The SMILES string of the molecule is CC(C)CCCC(C)NC(=O)C1CC(=O)N(Cc2ccco2)C1. The zero-order chi connectivity index (χ0) is 16.8. The summed E-state index contributed by atoms with van der Waals surface area (Å²) >= 11 is 0. The van der Waals surface area contributed by atoms with Crippen LogP contribution in [0.1, 0.15) is 52.2 Å². The zero-order valence-corrected chi connectivity index (χ0v) is 14.4. The highest BCUT2D eigenvalue weighted by Crippen LogP contribution is 2.21. The van der Waals surface area contributed by atoms with Crippen LogP contribution in [-0.4, -0.2) is 29.3 Å². The van der Waals surface area contributed by atoms with Gasteiger partial charge in [-0.25, -0.2) is 0 Å². The van der Waals surface area contributed by atoms with Gasteiger partial charge in [0.1, 0.15) is 5.76 Å². The Morgan fingerprint density at radius 1 is 1.39 bits per heavy atom. The average Bonchev–Trinajstić information content (AvgIpc) is 3.09. The number of rotatable bonds is 8. The first-order valence-electron chi connectivity index (χ1n) is 8.56. The van der Waals surface area contributed by atoms with Crippen molar-refractivity contribution >= 4 is 11.8 Å². The highest BCUT2D eigenvalue weighted by Gasteiger charge is 2.34. The predicted octanol–water partition coefficient (Wildman–Crippen LogP) is 2.96. The number of carbonyl (C=O) groups excluding carboxylic acids is 2. The van der Waals surface area contributed by atoms with Crippen LogP contribution in [0, 0.1) is 11.8 Å². The highest BCUT2D eigenvalue weighted by molar-refractivity contribution is 5.89. The van der Waals surface area contributed by atoms with Crippen LogP contribution >= 0.6 is 0 Å². The minimum atomic E-state index is -0.245. The summed E-state index contributed by atoms with van der Waals surface area (Å²) in [7, 11) is 0. The first kappa shape index (κ1) is 17.6. The molecule has 1 aromatic heterocycles. The van der Waals surface area contributed by atoms with Crippen molar-refractivity contribution in [1.29, 1.82) is 0 Å². The Labute approximate surface area is 138 Å². The molecule has 0 aliphatic carbocycles. The largest absolute Gasteiger partial charge is 0.467 e. The van der Waals surface area contributed by atoms with Crippen LogP contribution in [0.3, 0.4) is 0 Å². The number of nitrogens with zero attached hydrogens (tertiary/aromatic N) is 1. The molecule has 0 bridgehead atoms. The first-order valence-corrected chi connectivity index (χ1v) is 8.56. The van der Waals surface area contributed by atoms with Gasteiger partial charge in [0, 0.05) is 19.0 Å². The molecule has 0 radical (unpaired) electrons. The predicted molar refractivity (Wildman–Crippen MR) is 88.5 cm³/mol. The summed E-state index contributed by atoms with van der Waals surface area (Å²) in [6.07, 6.45) is 5.18. The van der Waals surface area contributed by atoms with Crippen molar-refractivity contribution in [3.05, 3.63) is 24.2 Å². The molecular weight excluding hydrogens is 292 g/mol. The Kier molecular flexibility index (Phi) is 6.25. The van der Waals surface area contributed by atoms with E-state index in [0.717, 1.165) is 18.6 Å². The molecule has 1 saturated heterocycles. The Morgan fingerprint density at radius 2 is 2.17 bits per heavy atom. The van der Waals surface area contributed by atoms with Crippen LogP contribution in [0.2, 0.25) is 0 Å². The van der Waals surface area contributed by atoms with Gasteiger partial charge in [0.15, 0.2) is 0 Å². The van der Waals surface area contributed by atoms with E-state index in [-0.39, 0.29) is 23.8 Å². The van der Waals surface area contributed by atoms with E-state index in [9.17, 15) is 9.59 Å². The number of amides is 2. The van der Waals surface area contributed by atoms with Gasteiger partial charge in [-0.05, 0) is 31.4 Å². The van der Waals surface area contributed by atoms with Gasteiger partial charge in [0.25, 0.3) is 0 Å². The van der Waals surface area contributed by atoms with Gasteiger partial charge in [0.2, 0.25) is 11.8 Å². The van der Waals surface area contributed by atoms with Gasteiger partial charge >= 0.3 is 0 Å². The van der Waals surface area contributed by atoms with E-state index in [1.807, 2.05) is 13.0 Å². The van der Waals surface area contributed by atoms with Gasteiger partial charge in [-0.2, -0.15) is 0 Å². The number of likely N-dealkylation sites (tertiary alicyclic amines) is 1. The third-order valence-corrected chi connectivity index (χ3v) is 4.32. The van der Waals surface area contributed by atoms with E-state index >= 15 is 0 Å². The Morgan fingerprint density at radius 3 is 2.83 bits per heavy atom. The van der Waals surface area contributed by atoms with Crippen LogP contribution in [0.5, 0.6) is 0 Å². The summed E-state index contributed by atoms with van der Waals surface area (Å²) in [5.74, 6) is 1.22. The molecule has 5 heteroatoms. The minimum Gasteiger partial charge on any atom is -0.467 e. The van der Waals surface area contributed by atoms with Crippen molar-refractivity contribution in [1.82, 2.24) is 10.2 Å². The van der Waals surface area contributed by atoms with Crippen molar-refractivity contribution < 1.29 is 14.0 Å². The number of hydrogen-bond acceptors (Lipinski definition) is 3. The number of nitrogens with one attached hydrogen (secondary N) is 1. The topological polar surface area (TPSA) is 62.6 Å². The molecule has 0 spiro atoms. The molecule has 2 rings (SSSR count). The molecule has 1 aliphatic rings. The Balaban J connectivity index is 1.76. The summed E-state index contributed by atoms with van der Waals surface area (Å²) in [6, 6.07) is 3.81. The maximum atomic E-state index is 12.3. The Hall–Kier alpha value is -1.78. The second-order valence-corrected chi connectivity index (χ2v) is 6.99. The van der Waals surface area contributed by atoms with Crippen molar-refractivity contribution in [2.75, 3.05) is 6.54 Å². The van der Waals surface area contributed by atoms with Crippen LogP contribution in [0.15, 0.2) is 22.8 Å². The third kappa shape index (κ3) is 5.41. The molecule has 2 heterocycles. The molecule has 1 aliphatic heterocycles. The van der Waals surface area contributed by atoms with Gasteiger partial charge < -0.3 is 14.6 Å². The van der Waals surface area contributed by atoms with E-state index in [4.69, 9.17) is 4.42 Å². The minimum absolute atomic E-state index is 0.00246. The number of furan rings is 1. The highest BCUT2D eigenvalue weighted by atomic mass is 16.3. The molecule has 1 aromatic rings. The Bertz CT molecular complexity index is 510. The lowest BCUT2D eigenvalue weighted by atomic mass is 10.0. The first-order chi connectivity index (χ1) is 11.0. The monoisotopic (exact) mass is 320 g/mol. The normalized spacial score (nSPS) is 19.4. The molecule has 128 valence electrons. The quantitative estimate of drug-likeness (QED) is 0.801. The molecule has 0 saturated carbocycles. The summed E-state index contributed by atoms with van der Waals surface area (Å²) in [4.78, 5) is 26.1. The standard InChI is InChI=1S/C18H28N2O3/c1-13(2)6-4-7-14(3)19-18(22)15-10-17(21)20(11-15)12-16-8-5-9-23-16/h5,8-9,13-15H,4,6-7,10-12H2,1-3H3,(H,19,22). The smallest absolute Gasteiger partial charge is 0.225 e. The van der Waals surface area contributed by atoms with Gasteiger partial charge in [-0.3, -0.25) is 9.59 Å². The number of carbonyl (C=O) groups is 2. The fraction of sp³-hybridized carbons (Fsp3) is 0.667. The summed E-state index contributed by atoms with van der Waals surface area (Å²) < 4.78 is 5.27. The molecule has 23 heavy (non-hydrogen) atoms. The third-order valence-electron chi connectivity index (χ3n) is 4.32. The second-order valence-electron chi connectivity index (χ2n) is 6.99. The molecular formula is C18H28N2O3. The van der Waals surface area contributed by atoms with Gasteiger partial charge in [-0.15, -0.1) is 0 Å². The molecule has 2 unspecified atom stereocenters. The lowest BCUT2D eigenvalue weighted by molar-refractivity contribution is -0.129. The fourth-order valence-electron chi connectivity index (χ4n) is 2.96. The maximum absolute atomic E-state index is 12.3. The second kappa shape index (κ2) is 8.18. The van der Waals surface area contributed by atoms with E-state index in [1.54, 1.807) is 17.2 Å². The summed E-state index contributed by atoms with van der Waals surface area (Å²) in [5.41, 5.74) is 0. The fourth-order valence-corrected chi connectivity index (χ4v) is 2.96. The van der Waals surface area contributed by atoms with Crippen LogP contribution in [0.25, 0.3) is 0 Å². The van der Waals surface area contributed by atoms with Gasteiger partial charge in [-0.1, -0.05) is 26.7 Å². The molecule has 0 aromatic carbocycles. The van der Waals surface area contributed by atoms with E-state index in [2.05, 4.69) is 19.2 Å². The summed E-state index contributed by atoms with van der Waals surface area (Å²) in [5, 5.41) is 3.05. The molecule has 1 N–H and O–H groups in total. The molecule has 2 amide bonds. The van der Waals surface area contributed by atoms with Crippen molar-refractivity contribution in [2.24, 2.45) is 11.8 Å². The van der Waals surface area contributed by atoms with Crippen LogP contribution in [-0.2, 0) is 16.1 Å². The van der Waals surface area contributed by atoms with E-state index in [1.165, 1.54) is 6.42 Å². The summed E-state index contributed by atoms with van der Waals surface area (Å²) in [6.45, 7) is 7.38. The van der Waals surface area contributed by atoms with Crippen molar-refractivity contribution in [2.45, 2.75) is 59.0 Å². The van der Waals surface area contributed by atoms with Crippen LogP contribution in [0.4, 0.5) is 0 Å². The van der Waals surface area contributed by atoms with Crippen LogP contribution < -0.4 is 5.32 Å². The van der Waals surface area contributed by atoms with Gasteiger partial charge in [0.05, 0.1) is 18.7 Å². The molecule has 1 fully saturated rings. The lowest BCUT2D eigenvalue weighted by Crippen LogP contribution is -2.38. The van der Waals surface area contributed by atoms with E-state index in [0.29, 0.717) is 25.4 Å². The zero-order valence-electron chi connectivity index (χ0n) is 14.4.